The van der Waals surface area contributed by atoms with Gasteiger partial charge in [0.15, 0.2) is 5.69 Å². The molecular weight excluding hydrogens is 374 g/mol. The highest BCUT2D eigenvalue weighted by Gasteiger charge is 2.54. The van der Waals surface area contributed by atoms with Gasteiger partial charge >= 0.3 is 6.18 Å². The van der Waals surface area contributed by atoms with E-state index >= 15 is 0 Å². The molecule has 8 heteroatoms. The first-order valence-corrected chi connectivity index (χ1v) is 8.63. The lowest BCUT2D eigenvalue weighted by molar-refractivity contribution is -0.137. The van der Waals surface area contributed by atoms with Crippen LogP contribution in [0.25, 0.3) is 5.69 Å². The lowest BCUT2D eigenvalue weighted by Gasteiger charge is -2.12. The van der Waals surface area contributed by atoms with E-state index in [0.717, 1.165) is 30.5 Å². The van der Waals surface area contributed by atoms with Crippen LogP contribution in [0.1, 0.15) is 42.0 Å². The fraction of sp³-hybridized carbons (Fsp3) is 0.412. The van der Waals surface area contributed by atoms with Crippen LogP contribution in [0, 0.1) is 23.2 Å². The molecule has 1 aromatic carbocycles. The highest BCUT2D eigenvalue weighted by Crippen LogP contribution is 2.63. The predicted molar refractivity (Wildman–Crippen MR) is 86.9 cm³/mol. The topological polar surface area (TPSA) is 41.6 Å². The Morgan fingerprint density at radius 3 is 2.28 bits per heavy atom. The zero-order valence-corrected chi connectivity index (χ0v) is 14.3. The second-order valence-corrected chi connectivity index (χ2v) is 7.37. The average molecular weight is 386 g/mol. The van der Waals surface area contributed by atoms with Gasteiger partial charge in [-0.1, -0.05) is 29.6 Å². The number of fused-ring (bicyclic) bond motifs is 1. The van der Waals surface area contributed by atoms with Crippen molar-refractivity contribution in [3.8, 4) is 11.8 Å². The summed E-state index contributed by atoms with van der Waals surface area (Å²) in [7, 11) is 0. The molecule has 2 saturated carbocycles. The van der Waals surface area contributed by atoms with E-state index in [1.807, 2.05) is 0 Å². The largest absolute Gasteiger partial charge is 0.416 e. The van der Waals surface area contributed by atoms with Crippen LogP contribution in [0.2, 0.25) is 10.0 Å². The molecule has 2 fully saturated rings. The Balaban J connectivity index is 1.76. The summed E-state index contributed by atoms with van der Waals surface area (Å²) in [6, 6.07) is 3.72. The highest BCUT2D eigenvalue weighted by atomic mass is 35.5. The number of hydrogen-bond donors (Lipinski definition) is 0. The minimum atomic E-state index is -4.54. The molecule has 130 valence electrons. The molecule has 25 heavy (non-hydrogen) atoms. The second-order valence-electron chi connectivity index (χ2n) is 6.56. The Bertz CT molecular complexity index is 865. The highest BCUT2D eigenvalue weighted by molar-refractivity contribution is 6.37. The summed E-state index contributed by atoms with van der Waals surface area (Å²) in [5, 5.41) is 13.3. The monoisotopic (exact) mass is 385 g/mol. The van der Waals surface area contributed by atoms with Crippen molar-refractivity contribution in [2.24, 2.45) is 11.8 Å². The first-order chi connectivity index (χ1) is 11.8. The lowest BCUT2D eigenvalue weighted by atomic mass is 10.0. The van der Waals surface area contributed by atoms with Crippen LogP contribution in [0.4, 0.5) is 13.2 Å². The van der Waals surface area contributed by atoms with Gasteiger partial charge in [0.05, 0.1) is 15.6 Å². The number of rotatable bonds is 2. The van der Waals surface area contributed by atoms with Gasteiger partial charge in [0.2, 0.25) is 0 Å². The smallest absolute Gasteiger partial charge is 0.236 e. The van der Waals surface area contributed by atoms with Crippen LogP contribution in [-0.2, 0) is 6.18 Å². The van der Waals surface area contributed by atoms with Crippen LogP contribution < -0.4 is 0 Å². The number of aromatic nitrogens is 2. The Morgan fingerprint density at radius 2 is 1.76 bits per heavy atom. The summed E-state index contributed by atoms with van der Waals surface area (Å²) in [5.74, 6) is 1.48. The molecule has 0 amide bonds. The van der Waals surface area contributed by atoms with Gasteiger partial charge in [0.25, 0.3) is 0 Å². The van der Waals surface area contributed by atoms with E-state index in [-0.39, 0.29) is 21.4 Å². The Morgan fingerprint density at radius 1 is 1.16 bits per heavy atom. The lowest BCUT2D eigenvalue weighted by Crippen LogP contribution is -2.07. The van der Waals surface area contributed by atoms with E-state index in [2.05, 4.69) is 11.2 Å². The first kappa shape index (κ1) is 16.7. The summed E-state index contributed by atoms with van der Waals surface area (Å²) in [4.78, 5) is 0. The zero-order valence-electron chi connectivity index (χ0n) is 12.8. The molecule has 1 aromatic heterocycles. The maximum Gasteiger partial charge on any atom is 0.416 e. The molecule has 0 radical (unpaired) electrons. The van der Waals surface area contributed by atoms with Gasteiger partial charge in [0.1, 0.15) is 11.8 Å². The summed E-state index contributed by atoms with van der Waals surface area (Å²) in [6.07, 6.45) is 0.644. The average Bonchev–Trinajstić information content (AvgIpc) is 2.90. The van der Waals surface area contributed by atoms with E-state index in [0.29, 0.717) is 17.8 Å². The van der Waals surface area contributed by atoms with Gasteiger partial charge in [-0.3, -0.25) is 0 Å². The van der Waals surface area contributed by atoms with Crippen molar-refractivity contribution in [2.45, 2.75) is 31.4 Å². The quantitative estimate of drug-likeness (QED) is 0.676. The van der Waals surface area contributed by atoms with Crippen LogP contribution in [0.5, 0.6) is 0 Å². The normalized spacial score (nSPS) is 24.9. The van der Waals surface area contributed by atoms with E-state index in [9.17, 15) is 18.4 Å². The number of alkyl halides is 3. The van der Waals surface area contributed by atoms with Crippen molar-refractivity contribution < 1.29 is 13.2 Å². The fourth-order valence-corrected chi connectivity index (χ4v) is 4.72. The minimum Gasteiger partial charge on any atom is -0.236 e. The number of nitriles is 1. The molecule has 0 spiro atoms. The Kier molecular flexibility index (Phi) is 3.78. The maximum absolute atomic E-state index is 12.9. The number of nitrogens with zero attached hydrogens (tertiary/aromatic N) is 3. The molecule has 2 unspecified atom stereocenters. The van der Waals surface area contributed by atoms with Crippen molar-refractivity contribution in [3.63, 3.8) is 0 Å². The molecule has 0 saturated heterocycles. The van der Waals surface area contributed by atoms with E-state index in [1.54, 1.807) is 6.20 Å². The summed E-state index contributed by atoms with van der Waals surface area (Å²) in [6.45, 7) is 0. The van der Waals surface area contributed by atoms with Crippen molar-refractivity contribution >= 4 is 23.2 Å². The third kappa shape index (κ3) is 2.70. The Hall–Kier alpha value is -1.71. The van der Waals surface area contributed by atoms with Crippen molar-refractivity contribution in [2.75, 3.05) is 0 Å². The summed E-state index contributed by atoms with van der Waals surface area (Å²) < 4.78 is 39.9. The minimum absolute atomic E-state index is 0.157. The number of halogens is 5. The van der Waals surface area contributed by atoms with Crippen LogP contribution in [-0.4, -0.2) is 9.78 Å². The third-order valence-electron chi connectivity index (χ3n) is 5.19. The molecule has 2 aliphatic carbocycles. The molecule has 0 bridgehead atoms. The van der Waals surface area contributed by atoms with E-state index in [1.165, 1.54) is 11.1 Å². The zero-order chi connectivity index (χ0) is 17.9. The molecule has 2 aromatic rings. The molecule has 3 nitrogen and oxygen atoms in total. The van der Waals surface area contributed by atoms with Gasteiger partial charge in [-0.25, -0.2) is 4.68 Å². The maximum atomic E-state index is 12.9. The number of hydrogen-bond acceptors (Lipinski definition) is 2. The molecule has 2 aliphatic rings. The van der Waals surface area contributed by atoms with Crippen molar-refractivity contribution in [1.82, 2.24) is 9.78 Å². The van der Waals surface area contributed by atoms with Crippen LogP contribution in [0.15, 0.2) is 18.3 Å². The molecule has 1 heterocycles. The predicted octanol–water partition coefficient (Wildman–Crippen LogP) is 5.58. The first-order valence-electron chi connectivity index (χ1n) is 7.87. The SMILES string of the molecule is N#Cc1nn(-c2c(Cl)cc(C(F)(F)F)cc2Cl)cc1C1C2CCCC21. The molecular formula is C17H12Cl2F3N3. The standard InChI is InChI=1S/C17H12Cl2F3N3/c18-12-4-8(17(20,21)22)5-13(19)16(12)25-7-11(14(6-23)24-25)15-9-2-1-3-10(9)15/h4-5,7,9-10,15H,1-3H2. The molecule has 0 N–H and O–H groups in total. The van der Waals surface area contributed by atoms with Crippen LogP contribution in [0.3, 0.4) is 0 Å². The summed E-state index contributed by atoms with van der Waals surface area (Å²) >= 11 is 12.1. The van der Waals surface area contributed by atoms with Crippen molar-refractivity contribution in [1.29, 1.82) is 5.26 Å². The molecule has 4 rings (SSSR count). The van der Waals surface area contributed by atoms with Crippen molar-refractivity contribution in [3.05, 3.63) is 45.2 Å². The number of benzene rings is 1. The summed E-state index contributed by atoms with van der Waals surface area (Å²) in [5.41, 5.74) is 0.358. The van der Waals surface area contributed by atoms with Gasteiger partial charge in [-0.2, -0.15) is 23.5 Å². The van der Waals surface area contributed by atoms with E-state index < -0.39 is 11.7 Å². The Labute approximate surface area is 151 Å². The molecule has 0 aliphatic heterocycles. The van der Waals surface area contributed by atoms with Gasteiger partial charge in [0, 0.05) is 11.8 Å². The van der Waals surface area contributed by atoms with Crippen LogP contribution >= 0.6 is 23.2 Å². The van der Waals surface area contributed by atoms with Gasteiger partial charge < -0.3 is 0 Å². The molecule has 2 atom stereocenters. The van der Waals surface area contributed by atoms with E-state index in [4.69, 9.17) is 23.2 Å². The third-order valence-corrected chi connectivity index (χ3v) is 5.76. The van der Waals surface area contributed by atoms with Gasteiger partial charge in [-0.05, 0) is 42.7 Å². The fourth-order valence-electron chi connectivity index (χ4n) is 4.06. The second kappa shape index (κ2) is 5.65. The van der Waals surface area contributed by atoms with Gasteiger partial charge in [-0.15, -0.1) is 0 Å².